The minimum absolute atomic E-state index is 0.0623. The molecular formula is C24H26N2O2. The van der Waals surface area contributed by atoms with Gasteiger partial charge in [0, 0.05) is 42.4 Å². The molecule has 2 aromatic carbocycles. The van der Waals surface area contributed by atoms with Crippen molar-refractivity contribution in [2.45, 2.75) is 32.3 Å². The van der Waals surface area contributed by atoms with Gasteiger partial charge in [0.2, 0.25) is 0 Å². The number of rotatable bonds is 5. The minimum Gasteiger partial charge on any atom is -0.376 e. The Morgan fingerprint density at radius 1 is 1.11 bits per heavy atom. The third-order valence-corrected chi connectivity index (χ3v) is 5.40. The van der Waals surface area contributed by atoms with Crippen LogP contribution in [0.2, 0.25) is 0 Å². The second-order valence-corrected chi connectivity index (χ2v) is 7.33. The zero-order valence-corrected chi connectivity index (χ0v) is 16.3. The number of benzene rings is 2. The summed E-state index contributed by atoms with van der Waals surface area (Å²) in [6.45, 7) is 4.18. The highest BCUT2D eigenvalue weighted by atomic mass is 16.5. The van der Waals surface area contributed by atoms with E-state index < -0.39 is 0 Å². The topological polar surface area (TPSA) is 42.4 Å². The number of pyridine rings is 1. The van der Waals surface area contributed by atoms with Crippen LogP contribution in [0.5, 0.6) is 0 Å². The first-order valence-corrected chi connectivity index (χ1v) is 10.1. The summed E-state index contributed by atoms with van der Waals surface area (Å²) in [6.07, 6.45) is 5.37. The standard InChI is InChI=1S/C24H26N2O2/c1-2-26(17-22-11-5-6-13-28-22)24(27)20-10-7-9-18(14-20)21-15-19-8-3-4-12-23(19)25-16-21/h3-4,7-10,12,14-16,22H,2,5-6,11,13,17H2,1H3/t22-/m1/s1. The molecule has 4 nitrogen and oxygen atoms in total. The molecule has 0 spiro atoms. The summed E-state index contributed by atoms with van der Waals surface area (Å²) >= 11 is 0. The summed E-state index contributed by atoms with van der Waals surface area (Å²) in [7, 11) is 0. The van der Waals surface area contributed by atoms with E-state index in [4.69, 9.17) is 4.74 Å². The lowest BCUT2D eigenvalue weighted by Gasteiger charge is -2.29. The number of carbonyl (C=O) groups excluding carboxylic acids is 1. The first kappa shape index (κ1) is 18.6. The summed E-state index contributed by atoms with van der Waals surface area (Å²) < 4.78 is 5.83. The number of hydrogen-bond donors (Lipinski definition) is 0. The van der Waals surface area contributed by atoms with Gasteiger partial charge >= 0.3 is 0 Å². The summed E-state index contributed by atoms with van der Waals surface area (Å²) in [6, 6.07) is 18.0. The highest BCUT2D eigenvalue weighted by molar-refractivity contribution is 5.95. The number of carbonyl (C=O) groups is 1. The number of likely N-dealkylation sites (N-methyl/N-ethyl adjacent to an activating group) is 1. The molecule has 1 atom stereocenters. The normalized spacial score (nSPS) is 16.8. The SMILES string of the molecule is CCN(C[C@H]1CCCCO1)C(=O)c1cccc(-c2cnc3ccccc3c2)c1. The van der Waals surface area contributed by atoms with Crippen LogP contribution in [0.25, 0.3) is 22.0 Å². The highest BCUT2D eigenvalue weighted by Crippen LogP contribution is 2.24. The van der Waals surface area contributed by atoms with Crippen LogP contribution in [0.3, 0.4) is 0 Å². The first-order chi connectivity index (χ1) is 13.7. The Bertz CT molecular complexity index is 963. The summed E-state index contributed by atoms with van der Waals surface area (Å²) in [5.41, 5.74) is 3.72. The number of amides is 1. The summed E-state index contributed by atoms with van der Waals surface area (Å²) in [5.74, 6) is 0.0623. The molecule has 0 unspecified atom stereocenters. The number of nitrogens with zero attached hydrogens (tertiary/aromatic N) is 2. The fourth-order valence-corrected chi connectivity index (χ4v) is 3.80. The molecule has 1 aromatic heterocycles. The van der Waals surface area contributed by atoms with E-state index in [9.17, 15) is 4.79 Å². The molecule has 1 amide bonds. The Kier molecular flexibility index (Phi) is 5.68. The average molecular weight is 374 g/mol. The predicted molar refractivity (Wildman–Crippen MR) is 112 cm³/mol. The van der Waals surface area contributed by atoms with E-state index in [1.807, 2.05) is 60.5 Å². The van der Waals surface area contributed by atoms with Crippen LogP contribution in [0.1, 0.15) is 36.5 Å². The molecule has 144 valence electrons. The van der Waals surface area contributed by atoms with Crippen LogP contribution in [0.15, 0.2) is 60.8 Å². The molecule has 3 aromatic rings. The molecule has 4 rings (SSSR count). The van der Waals surface area contributed by atoms with Crippen LogP contribution in [-0.4, -0.2) is 41.6 Å². The maximum atomic E-state index is 13.1. The number of fused-ring (bicyclic) bond motifs is 1. The molecule has 1 aliphatic rings. The largest absolute Gasteiger partial charge is 0.376 e. The number of hydrogen-bond acceptors (Lipinski definition) is 3. The highest BCUT2D eigenvalue weighted by Gasteiger charge is 2.21. The molecule has 1 fully saturated rings. The second kappa shape index (κ2) is 8.53. The monoisotopic (exact) mass is 374 g/mol. The van der Waals surface area contributed by atoms with Gasteiger partial charge in [-0.25, -0.2) is 0 Å². The van der Waals surface area contributed by atoms with Crippen LogP contribution in [-0.2, 0) is 4.74 Å². The van der Waals surface area contributed by atoms with Crippen LogP contribution in [0.4, 0.5) is 0 Å². The zero-order chi connectivity index (χ0) is 19.3. The molecule has 4 heteroatoms. The van der Waals surface area contributed by atoms with Gasteiger partial charge in [-0.1, -0.05) is 30.3 Å². The van der Waals surface area contributed by atoms with Crippen LogP contribution >= 0.6 is 0 Å². The van der Waals surface area contributed by atoms with Gasteiger partial charge in [0.05, 0.1) is 11.6 Å². The van der Waals surface area contributed by atoms with Crippen molar-refractivity contribution in [2.24, 2.45) is 0 Å². The summed E-state index contributed by atoms with van der Waals surface area (Å²) in [5, 5.41) is 1.10. The van der Waals surface area contributed by atoms with Crippen molar-refractivity contribution in [3.8, 4) is 11.1 Å². The second-order valence-electron chi connectivity index (χ2n) is 7.33. The van der Waals surface area contributed by atoms with E-state index in [1.54, 1.807) is 0 Å². The Labute approximate surface area is 166 Å². The van der Waals surface area contributed by atoms with E-state index in [1.165, 1.54) is 6.42 Å². The van der Waals surface area contributed by atoms with Crippen molar-refractivity contribution in [3.63, 3.8) is 0 Å². The fourth-order valence-electron chi connectivity index (χ4n) is 3.80. The molecule has 0 N–H and O–H groups in total. The van der Waals surface area contributed by atoms with E-state index in [-0.39, 0.29) is 12.0 Å². The third kappa shape index (κ3) is 4.07. The van der Waals surface area contributed by atoms with Crippen molar-refractivity contribution in [1.29, 1.82) is 0 Å². The van der Waals surface area contributed by atoms with Crippen LogP contribution < -0.4 is 0 Å². The Balaban J connectivity index is 1.56. The quantitative estimate of drug-likeness (QED) is 0.636. The van der Waals surface area contributed by atoms with Crippen LogP contribution in [0, 0.1) is 0 Å². The molecule has 0 radical (unpaired) electrons. The lowest BCUT2D eigenvalue weighted by molar-refractivity contribution is -0.00311. The minimum atomic E-state index is 0.0623. The molecule has 1 aliphatic heterocycles. The van der Waals surface area contributed by atoms with Crippen molar-refractivity contribution in [2.75, 3.05) is 19.7 Å². The Morgan fingerprint density at radius 2 is 2.00 bits per heavy atom. The molecular weight excluding hydrogens is 348 g/mol. The lowest BCUT2D eigenvalue weighted by Crippen LogP contribution is -2.39. The molecule has 1 saturated heterocycles. The van der Waals surface area contributed by atoms with Gasteiger partial charge in [0.25, 0.3) is 5.91 Å². The molecule has 0 saturated carbocycles. The predicted octanol–water partition coefficient (Wildman–Crippen LogP) is 4.93. The van der Waals surface area contributed by atoms with Crippen molar-refractivity contribution >= 4 is 16.8 Å². The number of aromatic nitrogens is 1. The Morgan fingerprint density at radius 3 is 2.82 bits per heavy atom. The van der Waals surface area contributed by atoms with Gasteiger partial charge in [-0.15, -0.1) is 0 Å². The van der Waals surface area contributed by atoms with Gasteiger partial charge in [-0.05, 0) is 56.0 Å². The zero-order valence-electron chi connectivity index (χ0n) is 16.3. The number of para-hydroxylation sites is 1. The molecule has 0 bridgehead atoms. The molecule has 2 heterocycles. The molecule has 0 aliphatic carbocycles. The van der Waals surface area contributed by atoms with E-state index >= 15 is 0 Å². The smallest absolute Gasteiger partial charge is 0.253 e. The van der Waals surface area contributed by atoms with Gasteiger partial charge in [0.1, 0.15) is 0 Å². The maximum Gasteiger partial charge on any atom is 0.253 e. The van der Waals surface area contributed by atoms with Gasteiger partial charge in [0.15, 0.2) is 0 Å². The number of ether oxygens (including phenoxy) is 1. The Hall–Kier alpha value is -2.72. The third-order valence-electron chi connectivity index (χ3n) is 5.40. The van der Waals surface area contributed by atoms with Gasteiger partial charge in [-0.3, -0.25) is 9.78 Å². The first-order valence-electron chi connectivity index (χ1n) is 10.1. The van der Waals surface area contributed by atoms with Gasteiger partial charge in [-0.2, -0.15) is 0 Å². The fraction of sp³-hybridized carbons (Fsp3) is 0.333. The van der Waals surface area contributed by atoms with Crippen molar-refractivity contribution < 1.29 is 9.53 Å². The average Bonchev–Trinajstić information content (AvgIpc) is 2.77. The summed E-state index contributed by atoms with van der Waals surface area (Å²) in [4.78, 5) is 19.5. The van der Waals surface area contributed by atoms with E-state index in [2.05, 4.69) is 17.1 Å². The maximum absolute atomic E-state index is 13.1. The van der Waals surface area contributed by atoms with Crippen molar-refractivity contribution in [3.05, 3.63) is 66.4 Å². The van der Waals surface area contributed by atoms with E-state index in [0.717, 1.165) is 41.5 Å². The molecule has 28 heavy (non-hydrogen) atoms. The van der Waals surface area contributed by atoms with Gasteiger partial charge < -0.3 is 9.64 Å². The van der Waals surface area contributed by atoms with E-state index in [0.29, 0.717) is 18.7 Å². The van der Waals surface area contributed by atoms with Crippen molar-refractivity contribution in [1.82, 2.24) is 9.88 Å². The lowest BCUT2D eigenvalue weighted by atomic mass is 10.0.